The second kappa shape index (κ2) is 5.30. The maximum absolute atomic E-state index is 13.5. The minimum Gasteiger partial charge on any atom is -0.372 e. The van der Waals surface area contributed by atoms with Crippen LogP contribution in [0.25, 0.3) is 0 Å². The zero-order valence-corrected chi connectivity index (χ0v) is 10.4. The molecule has 0 fully saturated rings. The maximum atomic E-state index is 13.5. The van der Waals surface area contributed by atoms with Crippen LogP contribution in [0.1, 0.15) is 12.8 Å². The normalized spacial score (nSPS) is 15.4. The van der Waals surface area contributed by atoms with E-state index < -0.39 is 5.83 Å². The van der Waals surface area contributed by atoms with Gasteiger partial charge in [-0.25, -0.2) is 13.8 Å². The van der Waals surface area contributed by atoms with E-state index in [-0.39, 0.29) is 30.3 Å². The molecule has 18 heavy (non-hydrogen) atoms. The Labute approximate surface area is 108 Å². The molecule has 1 heterocycles. The second-order valence-electron chi connectivity index (χ2n) is 3.67. The zero-order chi connectivity index (χ0) is 13.1. The molecule has 0 unspecified atom stereocenters. The van der Waals surface area contributed by atoms with E-state index in [9.17, 15) is 8.78 Å². The fraction of sp³-hybridized carbons (Fsp3) is 0.273. The highest BCUT2D eigenvalue weighted by atomic mass is 35.5. The van der Waals surface area contributed by atoms with E-state index >= 15 is 0 Å². The van der Waals surface area contributed by atoms with Gasteiger partial charge in [-0.05, 0) is 6.08 Å². The van der Waals surface area contributed by atoms with Gasteiger partial charge in [-0.1, -0.05) is 11.6 Å². The number of aromatic nitrogens is 2. The van der Waals surface area contributed by atoms with Crippen LogP contribution < -0.4 is 10.6 Å². The fourth-order valence-electron chi connectivity index (χ4n) is 1.50. The standard InChI is InChI=1S/C11H11ClF2N4/c1-15-10-7(12)5-16-11(18-10)17-9-4-6(13)2-3-8(9)14/h4-5H,2-3H2,1H3,(H2,15,16,17,18). The summed E-state index contributed by atoms with van der Waals surface area (Å²) >= 11 is 5.82. The van der Waals surface area contributed by atoms with Crippen LogP contribution in [0, 0.1) is 0 Å². The molecule has 0 aromatic carbocycles. The molecule has 1 aromatic heterocycles. The van der Waals surface area contributed by atoms with Gasteiger partial charge in [0.2, 0.25) is 5.95 Å². The van der Waals surface area contributed by atoms with Crippen molar-refractivity contribution in [2.45, 2.75) is 12.8 Å². The Morgan fingerprint density at radius 2 is 2.11 bits per heavy atom. The van der Waals surface area contributed by atoms with E-state index in [0.717, 1.165) is 6.08 Å². The Balaban J connectivity index is 2.24. The minimum absolute atomic E-state index is 0.0388. The van der Waals surface area contributed by atoms with Crippen molar-refractivity contribution in [3.05, 3.63) is 34.6 Å². The highest BCUT2D eigenvalue weighted by Crippen LogP contribution is 2.26. The van der Waals surface area contributed by atoms with Crippen molar-refractivity contribution in [2.75, 3.05) is 17.7 Å². The number of hydrogen-bond donors (Lipinski definition) is 2. The first-order valence-electron chi connectivity index (χ1n) is 5.32. The molecule has 2 rings (SSSR count). The molecule has 2 N–H and O–H groups in total. The average Bonchev–Trinajstić information content (AvgIpc) is 2.36. The number of nitrogens with one attached hydrogen (secondary N) is 2. The zero-order valence-electron chi connectivity index (χ0n) is 9.60. The SMILES string of the molecule is CNc1nc(NC2=C(F)CCC(F)=C2)ncc1Cl. The van der Waals surface area contributed by atoms with Gasteiger partial charge in [-0.15, -0.1) is 0 Å². The Morgan fingerprint density at radius 3 is 2.83 bits per heavy atom. The van der Waals surface area contributed by atoms with Crippen molar-refractivity contribution in [1.82, 2.24) is 9.97 Å². The molecule has 1 aromatic rings. The summed E-state index contributed by atoms with van der Waals surface area (Å²) in [4.78, 5) is 7.92. The Kier molecular flexibility index (Phi) is 3.76. The predicted molar refractivity (Wildman–Crippen MR) is 66.8 cm³/mol. The molecule has 0 saturated carbocycles. The first-order valence-corrected chi connectivity index (χ1v) is 5.70. The monoisotopic (exact) mass is 272 g/mol. The van der Waals surface area contributed by atoms with Crippen LogP contribution in [0.15, 0.2) is 29.6 Å². The molecule has 96 valence electrons. The number of allylic oxidation sites excluding steroid dienone is 3. The minimum atomic E-state index is -0.416. The molecule has 0 aliphatic heterocycles. The van der Waals surface area contributed by atoms with Gasteiger partial charge in [0.1, 0.15) is 22.5 Å². The molecule has 0 radical (unpaired) electrons. The van der Waals surface area contributed by atoms with Gasteiger partial charge >= 0.3 is 0 Å². The Bertz CT molecular complexity index is 528. The van der Waals surface area contributed by atoms with Crippen molar-refractivity contribution < 1.29 is 8.78 Å². The Hall–Kier alpha value is -1.69. The topological polar surface area (TPSA) is 49.8 Å². The van der Waals surface area contributed by atoms with Crippen LogP contribution in [0.2, 0.25) is 5.02 Å². The van der Waals surface area contributed by atoms with Crippen LogP contribution in [-0.4, -0.2) is 17.0 Å². The van der Waals surface area contributed by atoms with Gasteiger partial charge in [-0.2, -0.15) is 4.98 Å². The molecule has 7 heteroatoms. The van der Waals surface area contributed by atoms with Crippen LogP contribution in [-0.2, 0) is 0 Å². The van der Waals surface area contributed by atoms with Gasteiger partial charge in [0.25, 0.3) is 0 Å². The summed E-state index contributed by atoms with van der Waals surface area (Å²) in [7, 11) is 1.65. The van der Waals surface area contributed by atoms with E-state index in [2.05, 4.69) is 20.6 Å². The van der Waals surface area contributed by atoms with Crippen LogP contribution in [0.3, 0.4) is 0 Å². The lowest BCUT2D eigenvalue weighted by Crippen LogP contribution is -2.08. The van der Waals surface area contributed by atoms with E-state index in [1.54, 1.807) is 7.05 Å². The third kappa shape index (κ3) is 2.76. The lowest BCUT2D eigenvalue weighted by atomic mass is 10.1. The van der Waals surface area contributed by atoms with E-state index in [4.69, 9.17) is 11.6 Å². The van der Waals surface area contributed by atoms with Crippen molar-refractivity contribution in [3.63, 3.8) is 0 Å². The van der Waals surface area contributed by atoms with Gasteiger partial charge < -0.3 is 10.6 Å². The van der Waals surface area contributed by atoms with E-state index in [1.165, 1.54) is 6.20 Å². The van der Waals surface area contributed by atoms with Crippen LogP contribution in [0.5, 0.6) is 0 Å². The molecular formula is C11H11ClF2N4. The molecule has 1 aliphatic carbocycles. The van der Waals surface area contributed by atoms with Crippen molar-refractivity contribution in [2.24, 2.45) is 0 Å². The third-order valence-electron chi connectivity index (χ3n) is 2.40. The third-order valence-corrected chi connectivity index (χ3v) is 2.68. The number of hydrogen-bond acceptors (Lipinski definition) is 4. The molecule has 0 bridgehead atoms. The summed E-state index contributed by atoms with van der Waals surface area (Å²) < 4.78 is 26.5. The maximum Gasteiger partial charge on any atom is 0.229 e. The smallest absolute Gasteiger partial charge is 0.229 e. The summed E-state index contributed by atoms with van der Waals surface area (Å²) in [6.45, 7) is 0. The fourth-order valence-corrected chi connectivity index (χ4v) is 1.68. The van der Waals surface area contributed by atoms with Crippen molar-refractivity contribution >= 4 is 23.4 Å². The second-order valence-corrected chi connectivity index (χ2v) is 4.08. The predicted octanol–water partition coefficient (Wildman–Crippen LogP) is 3.41. The summed E-state index contributed by atoms with van der Waals surface area (Å²) in [5, 5.41) is 5.75. The van der Waals surface area contributed by atoms with Gasteiger partial charge in [0, 0.05) is 19.9 Å². The quantitative estimate of drug-likeness (QED) is 0.885. The first kappa shape index (κ1) is 12.8. The molecule has 1 aliphatic rings. The van der Waals surface area contributed by atoms with E-state index in [0.29, 0.717) is 10.8 Å². The number of anilines is 2. The molecule has 4 nitrogen and oxygen atoms in total. The number of halogens is 3. The molecule has 0 atom stereocenters. The molecule has 0 amide bonds. The largest absolute Gasteiger partial charge is 0.372 e. The van der Waals surface area contributed by atoms with Gasteiger partial charge in [0.05, 0.1) is 11.9 Å². The lowest BCUT2D eigenvalue weighted by Gasteiger charge is -2.13. The lowest BCUT2D eigenvalue weighted by molar-refractivity contribution is 0.518. The molecule has 0 spiro atoms. The van der Waals surface area contributed by atoms with Crippen LogP contribution in [0.4, 0.5) is 20.5 Å². The molecular weight excluding hydrogens is 262 g/mol. The Morgan fingerprint density at radius 1 is 1.33 bits per heavy atom. The van der Waals surface area contributed by atoms with Crippen molar-refractivity contribution in [3.8, 4) is 0 Å². The van der Waals surface area contributed by atoms with Crippen LogP contribution >= 0.6 is 11.6 Å². The first-order chi connectivity index (χ1) is 8.60. The average molecular weight is 273 g/mol. The van der Waals surface area contributed by atoms with Gasteiger partial charge in [0.15, 0.2) is 0 Å². The number of rotatable bonds is 3. The number of nitrogens with zero attached hydrogens (tertiary/aromatic N) is 2. The highest BCUT2D eigenvalue weighted by molar-refractivity contribution is 6.32. The van der Waals surface area contributed by atoms with Crippen molar-refractivity contribution in [1.29, 1.82) is 0 Å². The summed E-state index contributed by atoms with van der Waals surface area (Å²) in [5.41, 5.74) is 0.0446. The highest BCUT2D eigenvalue weighted by Gasteiger charge is 2.14. The summed E-state index contributed by atoms with van der Waals surface area (Å²) in [5.74, 6) is -0.224. The summed E-state index contributed by atoms with van der Waals surface area (Å²) in [6, 6.07) is 0. The summed E-state index contributed by atoms with van der Waals surface area (Å²) in [6.07, 6.45) is 2.61. The molecule has 0 saturated heterocycles. The van der Waals surface area contributed by atoms with Gasteiger partial charge in [-0.3, -0.25) is 0 Å². The van der Waals surface area contributed by atoms with E-state index in [1.807, 2.05) is 0 Å².